The number of alkyl halides is 4. The second-order valence-corrected chi connectivity index (χ2v) is 7.64. The summed E-state index contributed by atoms with van der Waals surface area (Å²) >= 11 is 1.10. The molecule has 0 saturated carbocycles. The average Bonchev–Trinajstić information content (AvgIpc) is 3.13. The lowest BCUT2D eigenvalue weighted by Gasteiger charge is -2.37. The number of halogens is 4. The molecule has 0 amide bonds. The van der Waals surface area contributed by atoms with Gasteiger partial charge in [-0.3, -0.25) is 5.32 Å². The highest BCUT2D eigenvalue weighted by Gasteiger charge is 2.38. The Balaban J connectivity index is 1.86. The molecule has 3 rings (SSSR count). The van der Waals surface area contributed by atoms with Gasteiger partial charge in [-0.25, -0.2) is 27.1 Å². The molecule has 2 atom stereocenters. The van der Waals surface area contributed by atoms with Crippen LogP contribution < -0.4 is 5.32 Å². The highest BCUT2D eigenvalue weighted by molar-refractivity contribution is 7.16. The third-order valence-electron chi connectivity index (χ3n) is 4.11. The minimum Gasteiger partial charge on any atom is -0.632 e. The molecule has 1 aliphatic heterocycles. The third kappa shape index (κ3) is 4.14. The molecule has 2 unspecified atom stereocenters. The molecule has 3 heterocycles. The van der Waals surface area contributed by atoms with Gasteiger partial charge in [-0.15, -0.1) is 0 Å². The summed E-state index contributed by atoms with van der Waals surface area (Å²) < 4.78 is 58.3. The predicted octanol–water partition coefficient (Wildman–Crippen LogP) is 2.66. The standard InChI is InChI=1S/C14H19F4N5O2S/c1-14(17,18)3-8-4-23(24,7-19-8)5-9-11(12(15)16)20-13-22(9)21-10(26-13)6-25-2/h8,12,19H,3-7H2,1-2H3. The number of hydroxylamine groups is 3. The number of hydrogen-bond donors (Lipinski definition) is 1. The van der Waals surface area contributed by atoms with Gasteiger partial charge in [0, 0.05) is 13.5 Å². The lowest BCUT2D eigenvalue weighted by molar-refractivity contribution is -0.883. The zero-order valence-corrected chi connectivity index (χ0v) is 15.0. The molecule has 12 heteroatoms. The maximum atomic E-state index is 13.3. The Kier molecular flexibility index (Phi) is 5.23. The minimum absolute atomic E-state index is 0.00862. The van der Waals surface area contributed by atoms with Gasteiger partial charge in [0.1, 0.15) is 29.6 Å². The van der Waals surface area contributed by atoms with E-state index in [0.29, 0.717) is 5.01 Å². The number of hydrogen-bond acceptors (Lipinski definition) is 6. The Labute approximate surface area is 150 Å². The van der Waals surface area contributed by atoms with Crippen LogP contribution in [0.3, 0.4) is 0 Å². The summed E-state index contributed by atoms with van der Waals surface area (Å²) in [4.78, 5) is 4.14. The quantitative estimate of drug-likeness (QED) is 0.442. The number of nitrogens with zero attached hydrogens (tertiary/aromatic N) is 4. The van der Waals surface area contributed by atoms with Crippen LogP contribution in [0.4, 0.5) is 17.6 Å². The zero-order valence-electron chi connectivity index (χ0n) is 14.2. The fourth-order valence-corrected chi connectivity index (χ4v) is 4.03. The fraction of sp³-hybridized carbons (Fsp3) is 0.714. The van der Waals surface area contributed by atoms with E-state index in [-0.39, 0.29) is 37.0 Å². The SMILES string of the molecule is COCc1nn2c(C[N+]3([O-])CNC(CC(C)(F)F)C3)c(C(F)F)nc2s1. The van der Waals surface area contributed by atoms with E-state index in [1.807, 2.05) is 0 Å². The number of imidazole rings is 1. The Morgan fingerprint density at radius 1 is 1.50 bits per heavy atom. The van der Waals surface area contributed by atoms with Crippen LogP contribution in [0, 0.1) is 5.21 Å². The molecule has 26 heavy (non-hydrogen) atoms. The molecule has 1 aliphatic rings. The Morgan fingerprint density at radius 3 is 2.85 bits per heavy atom. The average molecular weight is 397 g/mol. The van der Waals surface area contributed by atoms with Gasteiger partial charge in [-0.1, -0.05) is 11.3 Å². The summed E-state index contributed by atoms with van der Waals surface area (Å²) in [5.74, 6) is -2.91. The maximum Gasteiger partial charge on any atom is 0.282 e. The van der Waals surface area contributed by atoms with E-state index < -0.39 is 35.2 Å². The smallest absolute Gasteiger partial charge is 0.282 e. The molecular formula is C14H19F4N5O2S. The van der Waals surface area contributed by atoms with Gasteiger partial charge in [0.15, 0.2) is 0 Å². The summed E-state index contributed by atoms with van der Waals surface area (Å²) in [7, 11) is 1.48. The monoisotopic (exact) mass is 397 g/mol. The molecule has 1 N–H and O–H groups in total. The molecule has 0 bridgehead atoms. The van der Waals surface area contributed by atoms with Crippen LogP contribution in [0.2, 0.25) is 0 Å². The number of nitrogens with one attached hydrogen (secondary N) is 1. The first-order valence-electron chi connectivity index (χ1n) is 7.93. The summed E-state index contributed by atoms with van der Waals surface area (Å²) in [5, 5.41) is 20.4. The topological polar surface area (TPSA) is 74.5 Å². The molecule has 1 saturated heterocycles. The fourth-order valence-electron chi connectivity index (χ4n) is 3.14. The summed E-state index contributed by atoms with van der Waals surface area (Å²) in [5.41, 5.74) is -0.486. The van der Waals surface area contributed by atoms with Crippen LogP contribution in [0.15, 0.2) is 0 Å². The lowest BCUT2D eigenvalue weighted by atomic mass is 10.1. The number of methoxy groups -OCH3 is 1. The van der Waals surface area contributed by atoms with Crippen LogP contribution in [-0.4, -0.2) is 51.5 Å². The van der Waals surface area contributed by atoms with Crippen LogP contribution in [0.1, 0.15) is 36.2 Å². The van der Waals surface area contributed by atoms with Crippen molar-refractivity contribution in [3.63, 3.8) is 0 Å². The van der Waals surface area contributed by atoms with E-state index in [0.717, 1.165) is 18.3 Å². The van der Waals surface area contributed by atoms with Gasteiger partial charge >= 0.3 is 0 Å². The van der Waals surface area contributed by atoms with E-state index >= 15 is 0 Å². The van der Waals surface area contributed by atoms with Crippen molar-refractivity contribution >= 4 is 16.3 Å². The van der Waals surface area contributed by atoms with E-state index in [1.54, 1.807) is 0 Å². The number of rotatable bonds is 7. The van der Waals surface area contributed by atoms with Crippen molar-refractivity contribution in [1.82, 2.24) is 19.9 Å². The minimum atomic E-state index is -2.91. The summed E-state index contributed by atoms with van der Waals surface area (Å²) in [6.07, 6.45) is -3.34. The first kappa shape index (κ1) is 19.4. The highest BCUT2D eigenvalue weighted by atomic mass is 32.1. The van der Waals surface area contributed by atoms with Crippen molar-refractivity contribution in [2.75, 3.05) is 20.3 Å². The third-order valence-corrected chi connectivity index (χ3v) is 4.99. The second kappa shape index (κ2) is 7.00. The van der Waals surface area contributed by atoms with Crippen molar-refractivity contribution in [2.45, 2.75) is 44.9 Å². The van der Waals surface area contributed by atoms with Crippen molar-refractivity contribution in [2.24, 2.45) is 0 Å². The van der Waals surface area contributed by atoms with Crippen molar-refractivity contribution in [3.8, 4) is 0 Å². The first-order chi connectivity index (χ1) is 12.1. The lowest BCUT2D eigenvalue weighted by Crippen LogP contribution is -2.41. The van der Waals surface area contributed by atoms with Crippen molar-refractivity contribution in [3.05, 3.63) is 21.6 Å². The van der Waals surface area contributed by atoms with Crippen LogP contribution in [0.5, 0.6) is 0 Å². The number of aromatic nitrogens is 3. The van der Waals surface area contributed by atoms with E-state index in [2.05, 4.69) is 15.4 Å². The number of fused-ring (bicyclic) bond motifs is 1. The van der Waals surface area contributed by atoms with E-state index in [1.165, 1.54) is 11.6 Å². The van der Waals surface area contributed by atoms with Gasteiger partial charge in [0.05, 0.1) is 19.2 Å². The molecule has 0 aliphatic carbocycles. The first-order valence-corrected chi connectivity index (χ1v) is 8.74. The Bertz CT molecular complexity index is 777. The molecule has 146 valence electrons. The highest BCUT2D eigenvalue weighted by Crippen LogP contribution is 2.31. The molecular weight excluding hydrogens is 378 g/mol. The Morgan fingerprint density at radius 2 is 2.23 bits per heavy atom. The molecule has 7 nitrogen and oxygen atoms in total. The largest absolute Gasteiger partial charge is 0.632 e. The van der Waals surface area contributed by atoms with E-state index in [9.17, 15) is 22.8 Å². The molecule has 2 aromatic heterocycles. The van der Waals surface area contributed by atoms with Gasteiger partial charge in [0.2, 0.25) is 10.9 Å². The predicted molar refractivity (Wildman–Crippen MR) is 85.8 cm³/mol. The number of quaternary nitrogens is 1. The van der Waals surface area contributed by atoms with Crippen LogP contribution in [0.25, 0.3) is 4.96 Å². The maximum absolute atomic E-state index is 13.3. The van der Waals surface area contributed by atoms with E-state index in [4.69, 9.17) is 4.74 Å². The van der Waals surface area contributed by atoms with Gasteiger partial charge in [-0.2, -0.15) is 5.10 Å². The van der Waals surface area contributed by atoms with Crippen molar-refractivity contribution < 1.29 is 26.9 Å². The van der Waals surface area contributed by atoms with Crippen LogP contribution in [-0.2, 0) is 17.9 Å². The summed E-state index contributed by atoms with van der Waals surface area (Å²) in [6, 6.07) is -0.676. The number of ether oxygens (including phenoxy) is 1. The van der Waals surface area contributed by atoms with Gasteiger partial charge in [-0.05, 0) is 6.92 Å². The van der Waals surface area contributed by atoms with Crippen molar-refractivity contribution in [1.29, 1.82) is 0 Å². The molecule has 0 aromatic carbocycles. The summed E-state index contributed by atoms with van der Waals surface area (Å²) in [6.45, 7) is 0.397. The van der Waals surface area contributed by atoms with Crippen LogP contribution >= 0.6 is 11.3 Å². The zero-order chi connectivity index (χ0) is 19.1. The normalized spacial score (nSPS) is 24.2. The molecule has 0 radical (unpaired) electrons. The molecule has 2 aromatic rings. The molecule has 1 fully saturated rings. The van der Waals surface area contributed by atoms with Gasteiger partial charge < -0.3 is 14.6 Å². The van der Waals surface area contributed by atoms with Gasteiger partial charge in [0.25, 0.3) is 6.43 Å². The Hall–Kier alpha value is -1.34. The second-order valence-electron chi connectivity index (χ2n) is 6.60. The molecule has 0 spiro atoms.